The SMILES string of the molecule is C[C@H]1CN(Cc2cccc(-c3cc(CNC(=O)c4cccc(CN5CCN(CC[N+]6(C)CCCC6)CC5)c4)ccc3F)c2)CCN1.C[C@H]1CN(Cc2cccc(-c3cc(CNC(=O)c4cccc(CN5CCN(CC[N+]6(C)CCCC6)CC5)c4)ccc3F)c2)CCN1.O=C([O-])C(F)(F)F.[I-]. The predicted octanol–water partition coefficient (Wildman–Crippen LogP) is 5.45. The van der Waals surface area contributed by atoms with Crippen LogP contribution in [0.1, 0.15) is 93.6 Å². The number of hydrogen-bond acceptors (Lipinski definition) is 12. The lowest BCUT2D eigenvalue weighted by Gasteiger charge is -2.37. The van der Waals surface area contributed by atoms with E-state index in [1.807, 2.05) is 72.8 Å². The van der Waals surface area contributed by atoms with Crippen molar-refractivity contribution in [2.45, 2.75) is 97.1 Å². The van der Waals surface area contributed by atoms with Crippen molar-refractivity contribution in [2.24, 2.45) is 0 Å². The van der Waals surface area contributed by atoms with E-state index in [4.69, 9.17) is 9.90 Å². The maximum Gasteiger partial charge on any atom is 0.430 e. The Bertz CT molecular complexity index is 3390. The zero-order valence-corrected chi connectivity index (χ0v) is 61.1. The molecule has 0 aliphatic carbocycles. The van der Waals surface area contributed by atoms with Gasteiger partial charge in [-0.1, -0.05) is 72.8 Å². The van der Waals surface area contributed by atoms with Gasteiger partial charge < -0.3 is 64.1 Å². The molecule has 6 aromatic carbocycles. The molecule has 6 aromatic rings. The van der Waals surface area contributed by atoms with Crippen LogP contribution in [-0.2, 0) is 44.1 Å². The molecule has 4 N–H and O–H groups in total. The maximum absolute atomic E-state index is 15.0. The Morgan fingerprint density at radius 3 is 1.17 bits per heavy atom. The van der Waals surface area contributed by atoms with Crippen molar-refractivity contribution < 1.29 is 74.4 Å². The summed E-state index contributed by atoms with van der Waals surface area (Å²) in [7, 11) is 4.83. The Morgan fingerprint density at radius 2 is 0.810 bits per heavy atom. The number of quaternary nitrogens is 2. The van der Waals surface area contributed by atoms with E-state index in [1.165, 1.54) is 110 Å². The first-order valence-corrected chi connectivity index (χ1v) is 35.8. The number of amides is 2. The van der Waals surface area contributed by atoms with E-state index < -0.39 is 12.1 Å². The summed E-state index contributed by atoms with van der Waals surface area (Å²) in [6.07, 6.45) is 0.309. The van der Waals surface area contributed by atoms with Crippen molar-refractivity contribution in [3.8, 4) is 22.3 Å². The van der Waals surface area contributed by atoms with Crippen LogP contribution < -0.4 is 50.4 Å². The minimum Gasteiger partial charge on any atom is -1.00 e. The van der Waals surface area contributed by atoms with Gasteiger partial charge in [0.25, 0.3) is 11.8 Å². The van der Waals surface area contributed by atoms with Gasteiger partial charge in [0.2, 0.25) is 0 Å². The monoisotopic (exact) mass is 1490 g/mol. The highest BCUT2D eigenvalue weighted by Gasteiger charge is 2.31. The number of nitrogens with zero attached hydrogens (tertiary/aromatic N) is 8. The smallest absolute Gasteiger partial charge is 0.430 e. The van der Waals surface area contributed by atoms with Crippen molar-refractivity contribution in [1.29, 1.82) is 0 Å². The summed E-state index contributed by atoms with van der Waals surface area (Å²) in [5.74, 6) is -3.73. The molecule has 0 saturated carbocycles. The summed E-state index contributed by atoms with van der Waals surface area (Å²) in [5.41, 5.74) is 10.6. The van der Waals surface area contributed by atoms with E-state index in [2.05, 4.69) is 115 Å². The lowest BCUT2D eigenvalue weighted by atomic mass is 10.00. The average molecular weight is 1500 g/mol. The Morgan fingerprint density at radius 1 is 0.470 bits per heavy atom. The number of aliphatic carboxylic acids is 1. The van der Waals surface area contributed by atoms with Gasteiger partial charge in [-0.3, -0.25) is 39.0 Å². The van der Waals surface area contributed by atoms with Crippen molar-refractivity contribution in [1.82, 2.24) is 50.7 Å². The van der Waals surface area contributed by atoms with Gasteiger partial charge in [-0.25, -0.2) is 8.78 Å². The quantitative estimate of drug-likeness (QED) is 0.0391. The zero-order valence-electron chi connectivity index (χ0n) is 59.0. The molecular formula is C78H104F5IN12O4. The van der Waals surface area contributed by atoms with Gasteiger partial charge in [0.1, 0.15) is 17.6 Å². The fourth-order valence-corrected chi connectivity index (χ4v) is 14.8. The molecule has 0 bridgehead atoms. The second kappa shape index (κ2) is 37.2. The number of carboxylic acid groups (broad SMARTS) is 1. The summed E-state index contributed by atoms with van der Waals surface area (Å²) in [6, 6.07) is 43.5. The number of nitrogens with one attached hydrogen (secondary N) is 4. The van der Waals surface area contributed by atoms with Crippen LogP contribution in [0.4, 0.5) is 22.0 Å². The van der Waals surface area contributed by atoms with Gasteiger partial charge in [0.05, 0.1) is 53.4 Å². The fourth-order valence-electron chi connectivity index (χ4n) is 14.8. The van der Waals surface area contributed by atoms with E-state index in [1.54, 1.807) is 12.1 Å². The molecule has 22 heteroatoms. The Hall–Kier alpha value is -6.29. The molecule has 0 unspecified atom stereocenters. The minimum atomic E-state index is -5.19. The van der Waals surface area contributed by atoms with Crippen LogP contribution in [0.3, 0.4) is 0 Å². The van der Waals surface area contributed by atoms with Crippen molar-refractivity contribution >= 4 is 17.8 Å². The van der Waals surface area contributed by atoms with Gasteiger partial charge in [-0.05, 0) is 119 Å². The normalized spacial score (nSPS) is 20.1. The predicted molar refractivity (Wildman–Crippen MR) is 379 cm³/mol. The lowest BCUT2D eigenvalue weighted by molar-refractivity contribution is -0.897. The highest BCUT2D eigenvalue weighted by Crippen LogP contribution is 2.29. The molecule has 542 valence electrons. The van der Waals surface area contributed by atoms with E-state index in [0.29, 0.717) is 47.4 Å². The molecular weight excluding hydrogens is 1390 g/mol. The Labute approximate surface area is 606 Å². The first kappa shape index (κ1) is 77.9. The number of carboxylic acids is 1. The first-order chi connectivity index (χ1) is 47.6. The number of carbonyl (C=O) groups excluding carboxylic acids is 3. The molecule has 0 radical (unpaired) electrons. The van der Waals surface area contributed by atoms with Crippen molar-refractivity contribution in [3.05, 3.63) is 190 Å². The largest absolute Gasteiger partial charge is 1.00 e. The Kier molecular flexibility index (Phi) is 29.0. The van der Waals surface area contributed by atoms with E-state index in [0.717, 1.165) is 151 Å². The standard InChI is InChI=1S/2C38H51FN6O.C2HF3O2.HI/c2*1-30-27-44(14-13-40-30)29-32-7-5-9-34(23-32)36-25-31(11-12-37(36)39)26-41-38(46)35-10-6-8-33(24-35)28-43-17-15-42(16-18-43)19-22-45(2)20-3-4-21-45;3-2(4,5)1(6)7;/h2*5-12,23-25,30,40H,3-4,13-22,26-29H2,1-2H3;(H,6,7);1H/t2*30-;;/m00../s1. The average Bonchev–Trinajstić information content (AvgIpc) is 0.864. The summed E-state index contributed by atoms with van der Waals surface area (Å²) in [4.78, 5) is 50.3. The lowest BCUT2D eigenvalue weighted by Crippen LogP contribution is -3.00. The van der Waals surface area contributed by atoms with Crippen LogP contribution in [0.5, 0.6) is 0 Å². The summed E-state index contributed by atoms with van der Waals surface area (Å²) >= 11 is 0. The van der Waals surface area contributed by atoms with Crippen LogP contribution in [0.25, 0.3) is 22.3 Å². The van der Waals surface area contributed by atoms with Gasteiger partial charge in [-0.15, -0.1) is 0 Å². The number of likely N-dealkylation sites (tertiary alicyclic amines) is 2. The number of likely N-dealkylation sites (N-methyl/N-ethyl adjacent to an activating group) is 2. The highest BCUT2D eigenvalue weighted by atomic mass is 127. The molecule has 16 nitrogen and oxygen atoms in total. The van der Waals surface area contributed by atoms with Crippen LogP contribution in [-0.4, -0.2) is 232 Å². The molecule has 12 rings (SSSR count). The summed E-state index contributed by atoms with van der Waals surface area (Å²) in [6.45, 7) is 33.5. The number of piperazine rings is 4. The number of rotatable bonds is 22. The van der Waals surface area contributed by atoms with Crippen LogP contribution in [0, 0.1) is 11.6 Å². The number of hydrogen-bond donors (Lipinski definition) is 4. The Balaban J connectivity index is 0.000000211. The molecule has 2 amide bonds. The van der Waals surface area contributed by atoms with E-state index >= 15 is 8.78 Å². The van der Waals surface area contributed by atoms with Crippen LogP contribution in [0.2, 0.25) is 0 Å². The van der Waals surface area contributed by atoms with Crippen molar-refractivity contribution in [3.63, 3.8) is 0 Å². The molecule has 6 saturated heterocycles. The first-order valence-electron chi connectivity index (χ1n) is 35.8. The van der Waals surface area contributed by atoms with Gasteiger partial charge in [-0.2, -0.15) is 13.2 Å². The molecule has 6 aliphatic heterocycles. The van der Waals surface area contributed by atoms with Gasteiger partial charge in [0, 0.05) is 204 Å². The van der Waals surface area contributed by atoms with E-state index in [-0.39, 0.29) is 47.4 Å². The van der Waals surface area contributed by atoms with Gasteiger partial charge >= 0.3 is 6.18 Å². The number of halogens is 6. The van der Waals surface area contributed by atoms with Gasteiger partial charge in [0.15, 0.2) is 0 Å². The topological polar surface area (TPSA) is 142 Å². The summed E-state index contributed by atoms with van der Waals surface area (Å²) in [5, 5.41) is 21.9. The minimum absolute atomic E-state index is 0. The fraction of sp³-hybridized carbons (Fsp3) is 0.500. The van der Waals surface area contributed by atoms with Crippen molar-refractivity contribution in [2.75, 3.05) is 158 Å². The second-order valence-corrected chi connectivity index (χ2v) is 29.0. The summed E-state index contributed by atoms with van der Waals surface area (Å²) < 4.78 is 64.1. The molecule has 6 aliphatic rings. The molecule has 100 heavy (non-hydrogen) atoms. The third-order valence-electron chi connectivity index (χ3n) is 20.7. The molecule has 0 spiro atoms. The zero-order chi connectivity index (χ0) is 69.9. The third-order valence-corrected chi connectivity index (χ3v) is 20.7. The molecule has 6 heterocycles. The molecule has 6 fully saturated rings. The van der Waals surface area contributed by atoms with E-state index in [9.17, 15) is 22.8 Å². The maximum atomic E-state index is 15.0. The van der Waals surface area contributed by atoms with Crippen LogP contribution in [0.15, 0.2) is 133 Å². The molecule has 0 aromatic heterocycles. The second-order valence-electron chi connectivity index (χ2n) is 29.0. The molecule has 2 atom stereocenters. The number of carbonyl (C=O) groups is 3. The third kappa shape index (κ3) is 23.9. The number of alkyl halides is 3. The highest BCUT2D eigenvalue weighted by molar-refractivity contribution is 5.95. The number of benzene rings is 6. The van der Waals surface area contributed by atoms with Crippen LogP contribution >= 0.6 is 0 Å².